The first-order valence-corrected chi connectivity index (χ1v) is 18.6. The van der Waals surface area contributed by atoms with E-state index in [2.05, 4.69) is 5.32 Å². The van der Waals surface area contributed by atoms with Crippen molar-refractivity contribution in [2.24, 2.45) is 5.92 Å². The van der Waals surface area contributed by atoms with E-state index in [4.69, 9.17) is 23.2 Å². The molecule has 4 aromatic carbocycles. The lowest BCUT2D eigenvalue weighted by Crippen LogP contribution is -2.53. The van der Waals surface area contributed by atoms with Crippen LogP contribution in [0.2, 0.25) is 10.0 Å². The number of sulfonamides is 1. The summed E-state index contributed by atoms with van der Waals surface area (Å²) in [7, 11) is -4.21. The van der Waals surface area contributed by atoms with E-state index in [-0.39, 0.29) is 29.7 Å². The Balaban J connectivity index is 1.83. The van der Waals surface area contributed by atoms with E-state index in [1.54, 1.807) is 54.6 Å². The Morgan fingerprint density at radius 3 is 2.04 bits per heavy atom. The molecular weight excluding hydrogens is 673 g/mol. The van der Waals surface area contributed by atoms with Crippen LogP contribution in [0, 0.1) is 12.8 Å². The molecule has 0 unspecified atom stereocenters. The Labute approximate surface area is 292 Å². The monoisotopic (exact) mass is 711 g/mol. The molecule has 0 aliphatic rings. The normalized spacial score (nSPS) is 12.1. The molecule has 0 saturated heterocycles. The van der Waals surface area contributed by atoms with Crippen LogP contribution in [0.5, 0.6) is 0 Å². The molecule has 7 nitrogen and oxygen atoms in total. The van der Waals surface area contributed by atoms with Crippen molar-refractivity contribution in [3.8, 4) is 0 Å². The van der Waals surface area contributed by atoms with E-state index in [1.807, 2.05) is 57.4 Å². The number of carbonyl (C=O) groups excluding carboxylic acids is 2. The van der Waals surface area contributed by atoms with E-state index in [0.29, 0.717) is 27.8 Å². The summed E-state index contributed by atoms with van der Waals surface area (Å²) in [4.78, 5) is 30.9. The molecule has 0 heterocycles. The van der Waals surface area contributed by atoms with Gasteiger partial charge in [-0.25, -0.2) is 8.42 Å². The average Bonchev–Trinajstić information content (AvgIpc) is 3.06. The number of nitrogens with zero attached hydrogens (tertiary/aromatic N) is 2. The lowest BCUT2D eigenvalue weighted by molar-refractivity contribution is -0.140. The number of thioether (sulfide) groups is 1. The third-order valence-corrected chi connectivity index (χ3v) is 10.8. The fourth-order valence-corrected chi connectivity index (χ4v) is 7.28. The second kappa shape index (κ2) is 16.6. The third-order valence-electron chi connectivity index (χ3n) is 7.59. The quantitative estimate of drug-likeness (QED) is 0.136. The summed E-state index contributed by atoms with van der Waals surface area (Å²) >= 11 is 14.7. The number of hydrogen-bond donors (Lipinski definition) is 1. The van der Waals surface area contributed by atoms with Gasteiger partial charge in [-0.2, -0.15) is 0 Å². The van der Waals surface area contributed by atoms with Crippen molar-refractivity contribution >= 4 is 62.5 Å². The van der Waals surface area contributed by atoms with E-state index in [0.717, 1.165) is 20.3 Å². The molecule has 0 fully saturated rings. The van der Waals surface area contributed by atoms with Crippen LogP contribution in [0.15, 0.2) is 107 Å². The number of nitrogens with one attached hydrogen (secondary N) is 1. The Kier molecular flexibility index (Phi) is 12.8. The van der Waals surface area contributed by atoms with Gasteiger partial charge in [0.15, 0.2) is 0 Å². The molecule has 4 rings (SSSR count). The maximum absolute atomic E-state index is 14.6. The highest BCUT2D eigenvalue weighted by atomic mass is 35.5. The second-order valence-electron chi connectivity index (χ2n) is 11.6. The zero-order chi connectivity index (χ0) is 34.1. The minimum atomic E-state index is -4.21. The molecule has 0 aliphatic heterocycles. The van der Waals surface area contributed by atoms with Crippen LogP contribution in [-0.4, -0.2) is 50.5 Å². The number of benzene rings is 4. The van der Waals surface area contributed by atoms with Gasteiger partial charge in [-0.3, -0.25) is 13.9 Å². The average molecular weight is 713 g/mol. The Morgan fingerprint density at radius 2 is 1.47 bits per heavy atom. The number of carbonyl (C=O) groups is 2. The highest BCUT2D eigenvalue weighted by Crippen LogP contribution is 2.29. The van der Waals surface area contributed by atoms with Gasteiger partial charge in [-0.15, -0.1) is 11.8 Å². The SMILES string of the molecule is CSc1ccc(S(=O)(=O)N(CC(=O)N(Cc2c(Cl)cccc2Cl)[C@H](Cc2ccccc2)C(=O)NCC(C)C)c2ccc(C)cc2)cc1. The first-order chi connectivity index (χ1) is 22.4. The van der Waals surface area contributed by atoms with Crippen LogP contribution in [0.1, 0.15) is 30.5 Å². The molecule has 0 spiro atoms. The number of hydrogen-bond acceptors (Lipinski definition) is 5. The standard InChI is InChI=1S/C36H39Cl2N3O4S2/c1-25(2)22-39-36(43)34(21-27-9-6-5-7-10-27)40(23-31-32(37)11-8-12-33(31)38)35(42)24-41(28-15-13-26(3)14-16-28)47(44,45)30-19-17-29(46-4)18-20-30/h5-20,25,34H,21-24H2,1-4H3,(H,39,43)/t34-/m1/s1. The molecule has 1 atom stereocenters. The summed E-state index contributed by atoms with van der Waals surface area (Å²) in [5.74, 6) is -0.791. The number of amides is 2. The molecule has 0 radical (unpaired) electrons. The van der Waals surface area contributed by atoms with Gasteiger partial charge in [0.2, 0.25) is 11.8 Å². The first kappa shape index (κ1) is 36.3. The lowest BCUT2D eigenvalue weighted by atomic mass is 10.0. The maximum atomic E-state index is 14.6. The highest BCUT2D eigenvalue weighted by molar-refractivity contribution is 7.98. The van der Waals surface area contributed by atoms with E-state index in [1.165, 1.54) is 28.8 Å². The number of halogens is 2. The van der Waals surface area contributed by atoms with Crippen LogP contribution in [0.3, 0.4) is 0 Å². The topological polar surface area (TPSA) is 86.8 Å². The third kappa shape index (κ3) is 9.54. The summed E-state index contributed by atoms with van der Waals surface area (Å²) in [5, 5.41) is 3.63. The fraction of sp³-hybridized carbons (Fsp3) is 0.278. The lowest BCUT2D eigenvalue weighted by Gasteiger charge is -2.34. The first-order valence-electron chi connectivity index (χ1n) is 15.2. The molecule has 11 heteroatoms. The Hall–Kier alpha value is -3.50. The number of aryl methyl sites for hydroxylation is 1. The number of anilines is 1. The summed E-state index contributed by atoms with van der Waals surface area (Å²) in [6.45, 7) is 5.57. The van der Waals surface area contributed by atoms with Crippen LogP contribution in [-0.2, 0) is 32.6 Å². The van der Waals surface area contributed by atoms with E-state index >= 15 is 0 Å². The van der Waals surface area contributed by atoms with Crippen molar-refractivity contribution < 1.29 is 18.0 Å². The van der Waals surface area contributed by atoms with Gasteiger partial charge in [0, 0.05) is 40.0 Å². The maximum Gasteiger partial charge on any atom is 0.264 e. The van der Waals surface area contributed by atoms with Crippen LogP contribution < -0.4 is 9.62 Å². The second-order valence-corrected chi connectivity index (χ2v) is 15.1. The molecule has 248 valence electrons. The summed E-state index contributed by atoms with van der Waals surface area (Å²) in [6.07, 6.45) is 2.09. The summed E-state index contributed by atoms with van der Waals surface area (Å²) < 4.78 is 29.6. The fourth-order valence-electron chi connectivity index (χ4n) is 4.94. The van der Waals surface area contributed by atoms with Gasteiger partial charge in [-0.05, 0) is 73.2 Å². The van der Waals surface area contributed by atoms with E-state index in [9.17, 15) is 18.0 Å². The molecule has 0 saturated carbocycles. The van der Waals surface area contributed by atoms with E-state index < -0.39 is 28.5 Å². The van der Waals surface area contributed by atoms with Crippen LogP contribution in [0.4, 0.5) is 5.69 Å². The predicted octanol–water partition coefficient (Wildman–Crippen LogP) is 7.63. The summed E-state index contributed by atoms with van der Waals surface area (Å²) in [6, 6.07) is 26.8. The Morgan fingerprint density at radius 1 is 0.851 bits per heavy atom. The number of rotatable bonds is 14. The van der Waals surface area contributed by atoms with Gasteiger partial charge < -0.3 is 10.2 Å². The minimum absolute atomic E-state index is 0.0416. The van der Waals surface area contributed by atoms with Gasteiger partial charge >= 0.3 is 0 Å². The van der Waals surface area contributed by atoms with Crippen molar-refractivity contribution in [3.63, 3.8) is 0 Å². The molecule has 0 aromatic heterocycles. The highest BCUT2D eigenvalue weighted by Gasteiger charge is 2.35. The van der Waals surface area contributed by atoms with Gasteiger partial charge in [0.25, 0.3) is 10.0 Å². The van der Waals surface area contributed by atoms with Crippen molar-refractivity contribution in [1.29, 1.82) is 0 Å². The molecule has 4 aromatic rings. The summed E-state index contributed by atoms with van der Waals surface area (Å²) in [5.41, 5.74) is 2.53. The van der Waals surface area contributed by atoms with Crippen molar-refractivity contribution in [3.05, 3.63) is 124 Å². The van der Waals surface area contributed by atoms with Crippen molar-refractivity contribution in [2.75, 3.05) is 23.7 Å². The van der Waals surface area contributed by atoms with Gasteiger partial charge in [0.1, 0.15) is 12.6 Å². The van der Waals surface area contributed by atoms with Crippen molar-refractivity contribution in [2.45, 2.75) is 49.6 Å². The predicted molar refractivity (Wildman–Crippen MR) is 193 cm³/mol. The van der Waals surface area contributed by atoms with Crippen LogP contribution in [0.25, 0.3) is 0 Å². The zero-order valence-electron chi connectivity index (χ0n) is 26.8. The molecule has 2 amide bonds. The largest absolute Gasteiger partial charge is 0.354 e. The molecule has 1 N–H and O–H groups in total. The molecular formula is C36H39Cl2N3O4S2. The molecule has 0 aliphatic carbocycles. The molecule has 47 heavy (non-hydrogen) atoms. The van der Waals surface area contributed by atoms with Crippen LogP contribution >= 0.6 is 35.0 Å². The molecule has 0 bridgehead atoms. The van der Waals surface area contributed by atoms with Gasteiger partial charge in [-0.1, -0.05) is 91.1 Å². The zero-order valence-corrected chi connectivity index (χ0v) is 30.0. The smallest absolute Gasteiger partial charge is 0.264 e. The minimum Gasteiger partial charge on any atom is -0.354 e. The van der Waals surface area contributed by atoms with Gasteiger partial charge in [0.05, 0.1) is 10.6 Å². The Bertz CT molecular complexity index is 1750. The van der Waals surface area contributed by atoms with Crippen molar-refractivity contribution in [1.82, 2.24) is 10.2 Å².